The average Bonchev–Trinajstić information content (AvgIpc) is 2.86. The first-order valence-electron chi connectivity index (χ1n) is 6.24. The fourth-order valence-corrected chi connectivity index (χ4v) is 1.63. The van der Waals surface area contributed by atoms with E-state index in [0.717, 1.165) is 16.8 Å². The van der Waals surface area contributed by atoms with Gasteiger partial charge in [-0.3, -0.25) is 9.89 Å². The zero-order valence-corrected chi connectivity index (χ0v) is 11.4. The van der Waals surface area contributed by atoms with E-state index in [2.05, 4.69) is 20.7 Å². The molecule has 5 nitrogen and oxygen atoms in total. The molecule has 2 aromatic rings. The second-order valence-electron chi connectivity index (χ2n) is 4.43. The summed E-state index contributed by atoms with van der Waals surface area (Å²) in [5.41, 5.74) is 5.62. The third-order valence-corrected chi connectivity index (χ3v) is 2.57. The van der Waals surface area contributed by atoms with Gasteiger partial charge < -0.3 is 0 Å². The van der Waals surface area contributed by atoms with Crippen molar-refractivity contribution < 1.29 is 4.79 Å². The average molecular weight is 268 g/mol. The van der Waals surface area contributed by atoms with Gasteiger partial charge in [0.05, 0.1) is 6.21 Å². The zero-order valence-electron chi connectivity index (χ0n) is 11.4. The molecule has 102 valence electrons. The summed E-state index contributed by atoms with van der Waals surface area (Å²) in [5, 5.41) is 10.5. The molecule has 0 fully saturated rings. The van der Waals surface area contributed by atoms with Gasteiger partial charge in [-0.05, 0) is 31.1 Å². The number of aryl methyl sites for hydroxylation is 1. The van der Waals surface area contributed by atoms with Crippen LogP contribution in [0.25, 0.3) is 6.08 Å². The first kappa shape index (κ1) is 13.7. The molecule has 0 radical (unpaired) electrons. The van der Waals surface area contributed by atoms with Crippen LogP contribution in [0.15, 0.2) is 47.1 Å². The van der Waals surface area contributed by atoms with Crippen LogP contribution in [-0.2, 0) is 0 Å². The van der Waals surface area contributed by atoms with Crippen LogP contribution in [-0.4, -0.2) is 22.3 Å². The van der Waals surface area contributed by atoms with Crippen molar-refractivity contribution in [1.82, 2.24) is 15.6 Å². The molecule has 0 aliphatic rings. The molecule has 1 aromatic carbocycles. The van der Waals surface area contributed by atoms with E-state index in [1.54, 1.807) is 12.3 Å². The van der Waals surface area contributed by atoms with Crippen molar-refractivity contribution in [3.05, 3.63) is 58.9 Å². The van der Waals surface area contributed by atoms with Gasteiger partial charge in [0.2, 0.25) is 0 Å². The third-order valence-electron chi connectivity index (χ3n) is 2.57. The number of aromatic nitrogens is 2. The Hall–Kier alpha value is -2.69. The quantitative estimate of drug-likeness (QED) is 0.660. The number of nitrogens with one attached hydrogen (secondary N) is 2. The van der Waals surface area contributed by atoms with Crippen molar-refractivity contribution in [2.24, 2.45) is 5.10 Å². The highest BCUT2D eigenvalue weighted by atomic mass is 16.2. The van der Waals surface area contributed by atoms with Gasteiger partial charge in [0, 0.05) is 5.69 Å². The summed E-state index contributed by atoms with van der Waals surface area (Å²) in [6, 6.07) is 11.6. The molecule has 0 saturated heterocycles. The van der Waals surface area contributed by atoms with Gasteiger partial charge in [-0.2, -0.15) is 10.2 Å². The molecule has 0 bridgehead atoms. The zero-order chi connectivity index (χ0) is 14.4. The van der Waals surface area contributed by atoms with Crippen LogP contribution in [0, 0.1) is 6.92 Å². The SMILES string of the molecule is CC(/C=N\NC(=O)c1cc(C)[nH]n1)=C/c1ccccc1. The fraction of sp³-hybridized carbons (Fsp3) is 0.133. The maximum Gasteiger partial charge on any atom is 0.291 e. The third kappa shape index (κ3) is 3.91. The lowest BCUT2D eigenvalue weighted by Crippen LogP contribution is -2.17. The summed E-state index contributed by atoms with van der Waals surface area (Å²) in [4.78, 5) is 11.7. The van der Waals surface area contributed by atoms with E-state index in [9.17, 15) is 4.79 Å². The number of allylic oxidation sites excluding steroid dienone is 1. The van der Waals surface area contributed by atoms with Crippen LogP contribution in [0.5, 0.6) is 0 Å². The number of carbonyl (C=O) groups is 1. The highest BCUT2D eigenvalue weighted by Crippen LogP contribution is 2.04. The van der Waals surface area contributed by atoms with Gasteiger partial charge in [0.15, 0.2) is 5.69 Å². The number of hydrogen-bond acceptors (Lipinski definition) is 3. The van der Waals surface area contributed by atoms with Gasteiger partial charge in [-0.1, -0.05) is 36.4 Å². The monoisotopic (exact) mass is 268 g/mol. The van der Waals surface area contributed by atoms with Crippen LogP contribution in [0.4, 0.5) is 0 Å². The lowest BCUT2D eigenvalue weighted by Gasteiger charge is -1.96. The van der Waals surface area contributed by atoms with Crippen molar-refractivity contribution >= 4 is 18.2 Å². The summed E-state index contributed by atoms with van der Waals surface area (Å²) >= 11 is 0. The highest BCUT2D eigenvalue weighted by Gasteiger charge is 2.06. The summed E-state index contributed by atoms with van der Waals surface area (Å²) in [7, 11) is 0. The predicted octanol–water partition coefficient (Wildman–Crippen LogP) is 2.54. The molecule has 1 amide bonds. The Morgan fingerprint density at radius 2 is 2.10 bits per heavy atom. The van der Waals surface area contributed by atoms with Gasteiger partial charge in [-0.15, -0.1) is 0 Å². The van der Waals surface area contributed by atoms with Crippen molar-refractivity contribution in [2.45, 2.75) is 13.8 Å². The standard InChI is InChI=1S/C15H16N4O/c1-11(8-13-6-4-3-5-7-13)10-16-19-15(20)14-9-12(2)17-18-14/h3-10H,1-2H3,(H,17,18)(H,19,20)/b11-8-,16-10-. The Kier molecular flexibility index (Phi) is 4.44. The number of aromatic amines is 1. The second kappa shape index (κ2) is 6.47. The second-order valence-corrected chi connectivity index (χ2v) is 4.43. The number of carbonyl (C=O) groups excluding carboxylic acids is 1. The minimum atomic E-state index is -0.335. The van der Waals surface area contributed by atoms with E-state index >= 15 is 0 Å². The molecular formula is C15H16N4O. The first-order valence-corrected chi connectivity index (χ1v) is 6.24. The van der Waals surface area contributed by atoms with Gasteiger partial charge >= 0.3 is 0 Å². The minimum absolute atomic E-state index is 0.323. The van der Waals surface area contributed by atoms with Crippen LogP contribution in [0.3, 0.4) is 0 Å². The normalized spacial score (nSPS) is 11.8. The Balaban J connectivity index is 1.93. The number of hydrazone groups is 1. The predicted molar refractivity (Wildman–Crippen MR) is 79.4 cm³/mol. The number of hydrogen-bond donors (Lipinski definition) is 2. The molecule has 20 heavy (non-hydrogen) atoms. The van der Waals surface area contributed by atoms with Crippen LogP contribution < -0.4 is 5.43 Å². The summed E-state index contributed by atoms with van der Waals surface area (Å²) in [6.45, 7) is 3.75. The van der Waals surface area contributed by atoms with E-state index in [4.69, 9.17) is 0 Å². The molecule has 0 aliphatic carbocycles. The molecular weight excluding hydrogens is 252 g/mol. The largest absolute Gasteiger partial charge is 0.291 e. The Morgan fingerprint density at radius 3 is 2.75 bits per heavy atom. The number of rotatable bonds is 4. The summed E-state index contributed by atoms with van der Waals surface area (Å²) < 4.78 is 0. The molecule has 5 heteroatoms. The maximum atomic E-state index is 11.7. The first-order chi connectivity index (χ1) is 9.65. The van der Waals surface area contributed by atoms with Gasteiger partial charge in [0.1, 0.15) is 0 Å². The summed E-state index contributed by atoms with van der Waals surface area (Å²) in [5.74, 6) is -0.335. The van der Waals surface area contributed by atoms with E-state index in [0.29, 0.717) is 5.69 Å². The number of amides is 1. The highest BCUT2D eigenvalue weighted by molar-refractivity contribution is 5.93. The lowest BCUT2D eigenvalue weighted by atomic mass is 10.1. The van der Waals surface area contributed by atoms with Crippen LogP contribution in [0.2, 0.25) is 0 Å². The molecule has 2 N–H and O–H groups in total. The molecule has 0 saturated carbocycles. The number of benzene rings is 1. The molecule has 0 aliphatic heterocycles. The van der Waals surface area contributed by atoms with Gasteiger partial charge in [0.25, 0.3) is 5.91 Å². The fourth-order valence-electron chi connectivity index (χ4n) is 1.63. The smallest absolute Gasteiger partial charge is 0.282 e. The topological polar surface area (TPSA) is 70.1 Å². The van der Waals surface area contributed by atoms with Gasteiger partial charge in [-0.25, -0.2) is 5.43 Å². The molecule has 2 rings (SSSR count). The van der Waals surface area contributed by atoms with Crippen molar-refractivity contribution in [2.75, 3.05) is 0 Å². The van der Waals surface area contributed by atoms with E-state index < -0.39 is 0 Å². The molecule has 1 heterocycles. The van der Waals surface area contributed by atoms with Crippen molar-refractivity contribution in [3.63, 3.8) is 0 Å². The Labute approximate surface area is 117 Å². The number of nitrogens with zero attached hydrogens (tertiary/aromatic N) is 2. The van der Waals surface area contributed by atoms with Crippen LogP contribution in [0.1, 0.15) is 28.7 Å². The van der Waals surface area contributed by atoms with Crippen molar-refractivity contribution in [3.8, 4) is 0 Å². The summed E-state index contributed by atoms with van der Waals surface area (Å²) in [6.07, 6.45) is 3.58. The molecule has 0 spiro atoms. The molecule has 0 atom stereocenters. The Morgan fingerprint density at radius 1 is 1.35 bits per heavy atom. The van der Waals surface area contributed by atoms with E-state index in [-0.39, 0.29) is 5.91 Å². The molecule has 0 unspecified atom stereocenters. The van der Waals surface area contributed by atoms with E-state index in [1.807, 2.05) is 50.3 Å². The number of H-pyrrole nitrogens is 1. The van der Waals surface area contributed by atoms with E-state index in [1.165, 1.54) is 0 Å². The maximum absolute atomic E-state index is 11.7. The Bertz CT molecular complexity index is 641. The molecule has 1 aromatic heterocycles. The van der Waals surface area contributed by atoms with Crippen LogP contribution >= 0.6 is 0 Å². The lowest BCUT2D eigenvalue weighted by molar-refractivity contribution is 0.0950. The van der Waals surface area contributed by atoms with Crippen molar-refractivity contribution in [1.29, 1.82) is 0 Å². The minimum Gasteiger partial charge on any atom is -0.282 e.